The predicted molar refractivity (Wildman–Crippen MR) is 98.5 cm³/mol. The van der Waals surface area contributed by atoms with Crippen molar-refractivity contribution in [1.29, 1.82) is 0 Å². The summed E-state index contributed by atoms with van der Waals surface area (Å²) in [7, 11) is -0.875. The highest BCUT2D eigenvalue weighted by Crippen LogP contribution is 2.34. The van der Waals surface area contributed by atoms with Crippen LogP contribution in [0.15, 0.2) is 64.9 Å². The Balaban J connectivity index is 2.05. The van der Waals surface area contributed by atoms with Crippen LogP contribution in [-0.2, 0) is 28.9 Å². The second-order valence-electron chi connectivity index (χ2n) is 6.05. The third-order valence-corrected chi connectivity index (χ3v) is 6.57. The van der Waals surface area contributed by atoms with Gasteiger partial charge in [-0.05, 0) is 49.3 Å². The van der Waals surface area contributed by atoms with Gasteiger partial charge >= 0.3 is 11.9 Å². The maximum atomic E-state index is 12.4. The standard InChI is InChI=1S/C19H19NO6S/c1-25-18(21)16-5-3-4-12-20(17(16)19(22)26-2)13-6-8-14(9-7-13)27(23,24)15-10-11-15/h3-9,12,15H,10-11H2,1-2H3. The van der Waals surface area contributed by atoms with Crippen LogP contribution in [0.4, 0.5) is 5.69 Å². The van der Waals surface area contributed by atoms with Gasteiger partial charge in [0.15, 0.2) is 9.84 Å². The predicted octanol–water partition coefficient (Wildman–Crippen LogP) is 2.11. The first-order valence-electron chi connectivity index (χ1n) is 8.29. The van der Waals surface area contributed by atoms with Crippen LogP contribution in [0.1, 0.15) is 12.8 Å². The first kappa shape index (κ1) is 18.9. The molecule has 1 aromatic carbocycles. The van der Waals surface area contributed by atoms with Crippen LogP contribution in [0.25, 0.3) is 0 Å². The van der Waals surface area contributed by atoms with Gasteiger partial charge in [-0.2, -0.15) is 0 Å². The van der Waals surface area contributed by atoms with E-state index in [0.29, 0.717) is 18.5 Å². The minimum Gasteiger partial charge on any atom is -0.465 e. The van der Waals surface area contributed by atoms with E-state index in [-0.39, 0.29) is 21.4 Å². The summed E-state index contributed by atoms with van der Waals surface area (Å²) in [6.07, 6.45) is 7.66. The van der Waals surface area contributed by atoms with Crippen LogP contribution < -0.4 is 4.90 Å². The maximum Gasteiger partial charge on any atom is 0.355 e. The maximum absolute atomic E-state index is 12.4. The summed E-state index contributed by atoms with van der Waals surface area (Å²) >= 11 is 0. The van der Waals surface area contributed by atoms with Crippen LogP contribution >= 0.6 is 0 Å². The van der Waals surface area contributed by atoms with Gasteiger partial charge in [0.05, 0.1) is 29.9 Å². The zero-order chi connectivity index (χ0) is 19.6. The lowest BCUT2D eigenvalue weighted by Gasteiger charge is -2.23. The van der Waals surface area contributed by atoms with Crippen molar-refractivity contribution in [3.8, 4) is 0 Å². The summed E-state index contributed by atoms with van der Waals surface area (Å²) in [5.41, 5.74) is 0.516. The second-order valence-corrected chi connectivity index (χ2v) is 8.28. The Hall–Kier alpha value is -2.87. The Morgan fingerprint density at radius 1 is 1.00 bits per heavy atom. The number of hydrogen-bond donors (Lipinski definition) is 0. The van der Waals surface area contributed by atoms with Crippen LogP contribution in [0.5, 0.6) is 0 Å². The first-order chi connectivity index (χ1) is 12.9. The number of rotatable bonds is 5. The number of benzene rings is 1. The van der Waals surface area contributed by atoms with E-state index in [9.17, 15) is 18.0 Å². The van der Waals surface area contributed by atoms with Gasteiger partial charge in [-0.25, -0.2) is 18.0 Å². The zero-order valence-electron chi connectivity index (χ0n) is 14.9. The molecule has 142 valence electrons. The molecule has 3 rings (SSSR count). The van der Waals surface area contributed by atoms with E-state index in [2.05, 4.69) is 0 Å². The highest BCUT2D eigenvalue weighted by atomic mass is 32.2. The van der Waals surface area contributed by atoms with Crippen molar-refractivity contribution in [2.45, 2.75) is 23.0 Å². The normalized spacial score (nSPS) is 16.9. The Morgan fingerprint density at radius 2 is 1.63 bits per heavy atom. The van der Waals surface area contributed by atoms with Crippen LogP contribution in [0, 0.1) is 0 Å². The number of methoxy groups -OCH3 is 2. The molecule has 0 N–H and O–H groups in total. The number of carbonyl (C=O) groups is 2. The number of ether oxygens (including phenoxy) is 2. The number of allylic oxidation sites excluding steroid dienone is 2. The van der Waals surface area contributed by atoms with Gasteiger partial charge in [-0.15, -0.1) is 0 Å². The average Bonchev–Trinajstić information content (AvgIpc) is 3.53. The molecular formula is C19H19NO6S. The minimum absolute atomic E-state index is 0.0212. The largest absolute Gasteiger partial charge is 0.465 e. The topological polar surface area (TPSA) is 90.0 Å². The molecule has 0 atom stereocenters. The molecule has 7 nitrogen and oxygen atoms in total. The molecule has 8 heteroatoms. The summed E-state index contributed by atoms with van der Waals surface area (Å²) in [5, 5.41) is -0.304. The lowest BCUT2D eigenvalue weighted by Crippen LogP contribution is -2.27. The summed E-state index contributed by atoms with van der Waals surface area (Å²) in [5.74, 6) is -1.41. The van der Waals surface area contributed by atoms with Crippen molar-refractivity contribution in [3.05, 3.63) is 60.0 Å². The van der Waals surface area contributed by atoms with Crippen LogP contribution in [0.2, 0.25) is 0 Å². The molecule has 27 heavy (non-hydrogen) atoms. The molecule has 1 aliphatic heterocycles. The van der Waals surface area contributed by atoms with Gasteiger partial charge in [-0.3, -0.25) is 0 Å². The number of sulfone groups is 1. The summed E-state index contributed by atoms with van der Waals surface area (Å²) < 4.78 is 34.3. The van der Waals surface area contributed by atoms with Crippen molar-refractivity contribution in [2.75, 3.05) is 19.1 Å². The summed E-state index contributed by atoms with van der Waals surface area (Å²) in [6, 6.07) is 6.18. The molecular weight excluding hydrogens is 370 g/mol. The highest BCUT2D eigenvalue weighted by molar-refractivity contribution is 7.92. The summed E-state index contributed by atoms with van der Waals surface area (Å²) in [6.45, 7) is 0. The van der Waals surface area contributed by atoms with Crippen molar-refractivity contribution < 1.29 is 27.5 Å². The fourth-order valence-corrected chi connectivity index (χ4v) is 4.39. The Bertz CT molecular complexity index is 952. The molecule has 0 amide bonds. The fraction of sp³-hybridized carbons (Fsp3) is 0.263. The molecule has 0 saturated heterocycles. The van der Waals surface area contributed by atoms with Gasteiger partial charge in [0.1, 0.15) is 5.70 Å². The monoisotopic (exact) mass is 389 g/mol. The summed E-state index contributed by atoms with van der Waals surface area (Å²) in [4.78, 5) is 26.2. The van der Waals surface area contributed by atoms with Crippen molar-refractivity contribution in [3.63, 3.8) is 0 Å². The molecule has 1 saturated carbocycles. The number of nitrogens with zero attached hydrogens (tertiary/aromatic N) is 1. The molecule has 1 aliphatic carbocycles. The van der Waals surface area contributed by atoms with E-state index >= 15 is 0 Å². The fourth-order valence-electron chi connectivity index (χ4n) is 2.73. The Labute approximate surface area is 157 Å². The smallest absolute Gasteiger partial charge is 0.355 e. The quantitative estimate of drug-likeness (QED) is 0.713. The van der Waals surface area contributed by atoms with Gasteiger partial charge in [0, 0.05) is 11.9 Å². The zero-order valence-corrected chi connectivity index (χ0v) is 15.7. The lowest BCUT2D eigenvalue weighted by atomic mass is 10.1. The molecule has 0 unspecified atom stereocenters. The van der Waals surface area contributed by atoms with Crippen LogP contribution in [-0.4, -0.2) is 39.8 Å². The molecule has 1 aromatic rings. The SMILES string of the molecule is COC(=O)C1=C(C(=O)OC)N(c2ccc(S(=O)(=O)C3CC3)cc2)C=CC=C1. The number of esters is 2. The number of carbonyl (C=O) groups excluding carboxylic acids is 2. The Kier molecular flexibility index (Phi) is 5.18. The highest BCUT2D eigenvalue weighted by Gasteiger charge is 2.37. The van der Waals surface area contributed by atoms with Gasteiger partial charge in [0.25, 0.3) is 0 Å². The number of hydrogen-bond acceptors (Lipinski definition) is 7. The van der Waals surface area contributed by atoms with Crippen molar-refractivity contribution >= 4 is 27.5 Å². The molecule has 0 bridgehead atoms. The van der Waals surface area contributed by atoms with E-state index in [1.54, 1.807) is 30.5 Å². The van der Waals surface area contributed by atoms with Gasteiger partial charge in [-0.1, -0.05) is 6.08 Å². The molecule has 0 radical (unpaired) electrons. The van der Waals surface area contributed by atoms with E-state index in [1.165, 1.54) is 37.3 Å². The van der Waals surface area contributed by atoms with E-state index in [4.69, 9.17) is 9.47 Å². The average molecular weight is 389 g/mol. The molecule has 1 fully saturated rings. The molecule has 0 aromatic heterocycles. The van der Waals surface area contributed by atoms with E-state index < -0.39 is 21.8 Å². The Morgan fingerprint density at radius 3 is 2.19 bits per heavy atom. The molecule has 1 heterocycles. The molecule has 0 spiro atoms. The van der Waals surface area contributed by atoms with E-state index in [1.807, 2.05) is 0 Å². The lowest BCUT2D eigenvalue weighted by molar-refractivity contribution is -0.139. The van der Waals surface area contributed by atoms with Gasteiger partial charge in [0.2, 0.25) is 0 Å². The van der Waals surface area contributed by atoms with Crippen molar-refractivity contribution in [1.82, 2.24) is 0 Å². The van der Waals surface area contributed by atoms with Crippen LogP contribution in [0.3, 0.4) is 0 Å². The third kappa shape index (κ3) is 3.66. The van der Waals surface area contributed by atoms with Gasteiger partial charge < -0.3 is 14.4 Å². The number of anilines is 1. The van der Waals surface area contributed by atoms with E-state index in [0.717, 1.165) is 0 Å². The molecule has 2 aliphatic rings. The second kappa shape index (κ2) is 7.40. The third-order valence-electron chi connectivity index (χ3n) is 4.30. The minimum atomic E-state index is -3.31. The van der Waals surface area contributed by atoms with Crippen molar-refractivity contribution in [2.24, 2.45) is 0 Å². The first-order valence-corrected chi connectivity index (χ1v) is 9.83.